The molecule has 2 amide bonds. The van der Waals surface area contributed by atoms with Crippen molar-refractivity contribution >= 4 is 23.2 Å². The van der Waals surface area contributed by atoms with Gasteiger partial charge in [-0.25, -0.2) is 4.98 Å². The van der Waals surface area contributed by atoms with Crippen LogP contribution in [-0.4, -0.2) is 39.4 Å². The highest BCUT2D eigenvalue weighted by Crippen LogP contribution is 2.34. The molecule has 1 aliphatic rings. The first-order valence-electron chi connectivity index (χ1n) is 13.1. The Morgan fingerprint density at radius 3 is 2.41 bits per heavy atom. The molecule has 0 aliphatic carbocycles. The number of nitrogens with zero attached hydrogens (tertiary/aromatic N) is 3. The fourth-order valence-corrected chi connectivity index (χ4v) is 5.88. The third-order valence-corrected chi connectivity index (χ3v) is 8.23. The molecule has 0 radical (unpaired) electrons. The van der Waals surface area contributed by atoms with Crippen LogP contribution in [0.3, 0.4) is 0 Å². The van der Waals surface area contributed by atoms with Gasteiger partial charge >= 0.3 is 0 Å². The first-order chi connectivity index (χ1) is 17.6. The first-order valence-corrected chi connectivity index (χ1v) is 14.0. The molecule has 1 N–H and O–H groups in total. The minimum absolute atomic E-state index is 0.0136. The maximum absolute atomic E-state index is 13.8. The van der Waals surface area contributed by atoms with Gasteiger partial charge in [-0.3, -0.25) is 9.59 Å². The molecule has 3 aromatic rings. The van der Waals surface area contributed by atoms with E-state index in [1.54, 1.807) is 16.2 Å². The number of aryl methyl sites for hydroxylation is 1. The predicted molar refractivity (Wildman–Crippen MR) is 146 cm³/mol. The van der Waals surface area contributed by atoms with Crippen LogP contribution in [0, 0.1) is 18.8 Å². The summed E-state index contributed by atoms with van der Waals surface area (Å²) < 4.78 is 5.62. The third-order valence-electron chi connectivity index (χ3n) is 7.25. The molecule has 0 saturated carbocycles. The zero-order valence-corrected chi connectivity index (χ0v) is 23.6. The van der Waals surface area contributed by atoms with Gasteiger partial charge in [-0.05, 0) is 49.1 Å². The van der Waals surface area contributed by atoms with Gasteiger partial charge in [0.2, 0.25) is 11.8 Å². The van der Waals surface area contributed by atoms with Crippen molar-refractivity contribution in [2.45, 2.75) is 78.8 Å². The van der Waals surface area contributed by atoms with Crippen LogP contribution in [0.25, 0.3) is 10.4 Å². The maximum Gasteiger partial charge on any atom is 0.243 e. The van der Waals surface area contributed by atoms with Crippen molar-refractivity contribution in [3.63, 3.8) is 0 Å². The zero-order chi connectivity index (χ0) is 26.9. The van der Waals surface area contributed by atoms with E-state index < -0.39 is 12.0 Å². The quantitative estimate of drug-likeness (QED) is 0.387. The van der Waals surface area contributed by atoms with E-state index in [0.717, 1.165) is 27.4 Å². The summed E-state index contributed by atoms with van der Waals surface area (Å²) in [4.78, 5) is 34.5. The molecule has 0 unspecified atom stereocenters. The fourth-order valence-electron chi connectivity index (χ4n) is 5.07. The molecule has 1 saturated heterocycles. The minimum atomic E-state index is -0.502. The normalized spacial score (nSPS) is 19.4. The topological polar surface area (TPSA) is 88.3 Å². The van der Waals surface area contributed by atoms with Crippen molar-refractivity contribution in [3.05, 3.63) is 58.6 Å². The van der Waals surface area contributed by atoms with Gasteiger partial charge < -0.3 is 14.7 Å². The Morgan fingerprint density at radius 2 is 1.84 bits per heavy atom. The van der Waals surface area contributed by atoms with Crippen molar-refractivity contribution in [2.24, 2.45) is 11.8 Å². The molecule has 2 aromatic heterocycles. The average molecular weight is 523 g/mol. The highest BCUT2D eigenvalue weighted by molar-refractivity contribution is 7.13. The molecule has 1 aromatic carbocycles. The largest absolute Gasteiger partial charge is 0.360 e. The van der Waals surface area contributed by atoms with Crippen molar-refractivity contribution in [1.82, 2.24) is 20.4 Å². The number of rotatable bonds is 8. The van der Waals surface area contributed by atoms with Gasteiger partial charge in [0.25, 0.3) is 0 Å². The molecule has 0 bridgehead atoms. The van der Waals surface area contributed by atoms with Gasteiger partial charge in [0.1, 0.15) is 17.7 Å². The summed E-state index contributed by atoms with van der Waals surface area (Å²) in [5, 5.41) is 7.33. The lowest BCUT2D eigenvalue weighted by Gasteiger charge is -2.29. The van der Waals surface area contributed by atoms with E-state index in [9.17, 15) is 9.59 Å². The summed E-state index contributed by atoms with van der Waals surface area (Å²) in [7, 11) is 0. The zero-order valence-electron chi connectivity index (χ0n) is 22.8. The Morgan fingerprint density at radius 1 is 1.14 bits per heavy atom. The SMILES string of the molecule is Cc1ncsc1-c1ccc([C@H](C)NC(=O)[C@@H]2C[C@@H](C)CN2C(=O)[C@@H](c2cc(C(C)C)no2)C(C)C)cc1. The number of hydrogen-bond acceptors (Lipinski definition) is 6. The van der Waals surface area contributed by atoms with E-state index in [2.05, 4.69) is 34.5 Å². The van der Waals surface area contributed by atoms with Crippen molar-refractivity contribution in [3.8, 4) is 10.4 Å². The Bertz CT molecular complexity index is 1230. The highest BCUT2D eigenvalue weighted by atomic mass is 32.1. The van der Waals surface area contributed by atoms with E-state index in [0.29, 0.717) is 18.7 Å². The van der Waals surface area contributed by atoms with Crippen LogP contribution in [0.4, 0.5) is 0 Å². The summed E-state index contributed by atoms with van der Waals surface area (Å²) in [5.41, 5.74) is 5.85. The number of likely N-dealkylation sites (tertiary alicyclic amines) is 1. The van der Waals surface area contributed by atoms with Crippen LogP contribution < -0.4 is 5.32 Å². The lowest BCUT2D eigenvalue weighted by molar-refractivity contribution is -0.141. The smallest absolute Gasteiger partial charge is 0.243 e. The van der Waals surface area contributed by atoms with E-state index in [-0.39, 0.29) is 35.6 Å². The third kappa shape index (κ3) is 5.79. The van der Waals surface area contributed by atoms with Gasteiger partial charge in [0.15, 0.2) is 0 Å². The van der Waals surface area contributed by atoms with Crippen molar-refractivity contribution in [2.75, 3.05) is 6.54 Å². The molecule has 1 fully saturated rings. The maximum atomic E-state index is 13.8. The number of hydrogen-bond donors (Lipinski definition) is 1. The highest BCUT2D eigenvalue weighted by Gasteiger charge is 2.42. The van der Waals surface area contributed by atoms with Gasteiger partial charge in [-0.1, -0.05) is 64.0 Å². The van der Waals surface area contributed by atoms with Crippen LogP contribution in [0.1, 0.15) is 88.6 Å². The van der Waals surface area contributed by atoms with Crippen LogP contribution in [0.15, 0.2) is 40.4 Å². The molecule has 198 valence electrons. The number of carbonyl (C=O) groups excluding carboxylic acids is 2. The van der Waals surface area contributed by atoms with E-state index in [4.69, 9.17) is 4.52 Å². The number of thiazole rings is 1. The molecule has 7 nitrogen and oxygen atoms in total. The van der Waals surface area contributed by atoms with Crippen LogP contribution in [0.2, 0.25) is 0 Å². The molecule has 3 heterocycles. The number of carbonyl (C=O) groups is 2. The van der Waals surface area contributed by atoms with E-state index in [1.807, 2.05) is 65.3 Å². The second-order valence-corrected chi connectivity index (χ2v) is 11.9. The molecular weight excluding hydrogens is 484 g/mol. The van der Waals surface area contributed by atoms with Crippen LogP contribution in [-0.2, 0) is 9.59 Å². The lowest BCUT2D eigenvalue weighted by atomic mass is 9.90. The second-order valence-electron chi connectivity index (χ2n) is 11.0. The summed E-state index contributed by atoms with van der Waals surface area (Å²) in [6.45, 7) is 14.7. The standard InChI is InChI=1S/C29H38N4O3S/c1-16(2)23-13-25(36-32-23)26(17(3)4)29(35)33-14-18(5)12-24(33)28(34)31-19(6)21-8-10-22(11-9-21)27-20(7)30-15-37-27/h8-11,13,15-19,24,26H,12,14H2,1-7H3,(H,31,34)/t18-,19+,24+,26-/m1/s1. The molecule has 1 aliphatic heterocycles. The molecule has 8 heteroatoms. The van der Waals surface area contributed by atoms with Gasteiger partial charge in [0, 0.05) is 12.6 Å². The summed E-state index contributed by atoms with van der Waals surface area (Å²) >= 11 is 1.62. The fraction of sp³-hybridized carbons (Fsp3) is 0.517. The Hall–Kier alpha value is -3.00. The van der Waals surface area contributed by atoms with Gasteiger partial charge in [-0.15, -0.1) is 11.3 Å². The number of benzene rings is 1. The Labute approximate surface area is 223 Å². The van der Waals surface area contributed by atoms with Crippen molar-refractivity contribution in [1.29, 1.82) is 0 Å². The number of amides is 2. The minimum Gasteiger partial charge on any atom is -0.360 e. The van der Waals surface area contributed by atoms with Crippen molar-refractivity contribution < 1.29 is 14.1 Å². The molecular formula is C29H38N4O3S. The number of nitrogens with one attached hydrogen (secondary N) is 1. The lowest BCUT2D eigenvalue weighted by Crippen LogP contribution is -2.48. The summed E-state index contributed by atoms with van der Waals surface area (Å²) in [6.07, 6.45) is 0.645. The van der Waals surface area contributed by atoms with Crippen LogP contribution in [0.5, 0.6) is 0 Å². The van der Waals surface area contributed by atoms with E-state index >= 15 is 0 Å². The second kappa shape index (κ2) is 11.2. The monoisotopic (exact) mass is 522 g/mol. The molecule has 4 rings (SSSR count). The average Bonchev–Trinajstić information content (AvgIpc) is 3.59. The van der Waals surface area contributed by atoms with Crippen LogP contribution >= 0.6 is 11.3 Å². The number of aromatic nitrogens is 2. The molecule has 37 heavy (non-hydrogen) atoms. The Kier molecular flexibility index (Phi) is 8.17. The molecule has 0 spiro atoms. The van der Waals surface area contributed by atoms with Gasteiger partial charge in [0.05, 0.1) is 27.8 Å². The first kappa shape index (κ1) is 27.0. The van der Waals surface area contributed by atoms with E-state index in [1.165, 1.54) is 0 Å². The van der Waals surface area contributed by atoms with Gasteiger partial charge in [-0.2, -0.15) is 0 Å². The molecule has 4 atom stereocenters. The Balaban J connectivity index is 1.48. The summed E-state index contributed by atoms with van der Waals surface area (Å²) in [5.74, 6) is 0.393. The predicted octanol–water partition coefficient (Wildman–Crippen LogP) is 6.08. The summed E-state index contributed by atoms with van der Waals surface area (Å²) in [6, 6.07) is 9.44.